The van der Waals surface area contributed by atoms with Gasteiger partial charge in [0.05, 0.1) is 54.4 Å². The lowest BCUT2D eigenvalue weighted by Crippen LogP contribution is -2.30. The van der Waals surface area contributed by atoms with E-state index in [1.165, 1.54) is 39.0 Å². The van der Waals surface area contributed by atoms with Crippen LogP contribution in [-0.2, 0) is 14.3 Å². The van der Waals surface area contributed by atoms with Gasteiger partial charge in [0.1, 0.15) is 17.3 Å². The van der Waals surface area contributed by atoms with Gasteiger partial charge in [0.2, 0.25) is 0 Å². The third-order valence-corrected chi connectivity index (χ3v) is 10.6. The number of carboxylic acids is 1. The molecule has 2 unspecified atom stereocenters. The van der Waals surface area contributed by atoms with Gasteiger partial charge in [-0.05, 0) is 19.2 Å². The first-order valence-corrected chi connectivity index (χ1v) is 15.8. The van der Waals surface area contributed by atoms with Gasteiger partial charge in [-0.3, -0.25) is 14.6 Å². The van der Waals surface area contributed by atoms with Gasteiger partial charge in [-0.2, -0.15) is 0 Å². The number of hydrogen-bond acceptors (Lipinski definition) is 11. The first-order valence-electron chi connectivity index (χ1n) is 14.8. The largest absolute Gasteiger partial charge is 0.504 e. The smallest absolute Gasteiger partial charge is 0.329 e. The SMILES string of the molecule is COC1=CC(=O)c2c(O)c(OC)c3c4c2c1c1c(OC)c2c(c5c6c(c(c4c15)C=C(C)C3C(C)=O)NCCN6)=NC(C(=O)O)CS2. The van der Waals surface area contributed by atoms with Crippen LogP contribution in [0.1, 0.15) is 46.8 Å². The summed E-state index contributed by atoms with van der Waals surface area (Å²) in [7, 11) is 4.44. The molecule has 0 radical (unpaired) electrons. The van der Waals surface area contributed by atoms with E-state index in [1.54, 1.807) is 7.11 Å². The monoisotopic (exact) mass is 639 g/mol. The molecule has 0 saturated heterocycles. The summed E-state index contributed by atoms with van der Waals surface area (Å²) in [5.41, 5.74) is 4.06. The van der Waals surface area contributed by atoms with Crippen LogP contribution in [0.2, 0.25) is 0 Å². The molecule has 11 nitrogen and oxygen atoms in total. The van der Waals surface area contributed by atoms with Crippen molar-refractivity contribution < 1.29 is 38.8 Å². The number of ketones is 2. The van der Waals surface area contributed by atoms with Gasteiger partial charge in [0, 0.05) is 68.5 Å². The van der Waals surface area contributed by atoms with E-state index in [0.29, 0.717) is 72.5 Å². The first kappa shape index (κ1) is 28.5. The predicted molar refractivity (Wildman–Crippen MR) is 176 cm³/mol. The number of benzene rings is 4. The zero-order valence-corrected chi connectivity index (χ0v) is 26.4. The number of Topliss-reactive ketones (excluding diaryl/α,β-unsaturated/α-hetero) is 1. The summed E-state index contributed by atoms with van der Waals surface area (Å²) < 4.78 is 17.9. The van der Waals surface area contributed by atoms with E-state index >= 15 is 0 Å². The molecule has 2 heterocycles. The van der Waals surface area contributed by atoms with Gasteiger partial charge >= 0.3 is 5.97 Å². The molecule has 2 aliphatic heterocycles. The van der Waals surface area contributed by atoms with Gasteiger partial charge in [0.25, 0.3) is 0 Å². The van der Waals surface area contributed by atoms with E-state index in [0.717, 1.165) is 22.5 Å². The molecule has 4 N–H and O–H groups in total. The van der Waals surface area contributed by atoms with Crippen molar-refractivity contribution >= 4 is 84.8 Å². The summed E-state index contributed by atoms with van der Waals surface area (Å²) in [4.78, 5) is 45.1. The molecule has 0 amide bonds. The average Bonchev–Trinajstić information content (AvgIpc) is 3.17. The number of thioether (sulfide) groups is 1. The molecule has 46 heavy (non-hydrogen) atoms. The van der Waals surface area contributed by atoms with Crippen LogP contribution in [0.3, 0.4) is 0 Å². The van der Waals surface area contributed by atoms with Crippen molar-refractivity contribution in [1.29, 1.82) is 0 Å². The molecule has 0 saturated carbocycles. The Bertz CT molecular complexity index is 2290. The number of anilines is 2. The number of carbonyl (C=O) groups excluding carboxylic acids is 2. The normalized spacial score (nSPS) is 19.4. The van der Waals surface area contributed by atoms with E-state index in [2.05, 4.69) is 10.6 Å². The van der Waals surface area contributed by atoms with Gasteiger partial charge in [-0.1, -0.05) is 11.6 Å². The molecule has 0 fully saturated rings. The fraction of sp³-hybridized carbons (Fsp3) is 0.294. The van der Waals surface area contributed by atoms with Gasteiger partial charge < -0.3 is 35.1 Å². The fourth-order valence-corrected chi connectivity index (χ4v) is 8.99. The van der Waals surface area contributed by atoms with E-state index in [1.807, 2.05) is 13.0 Å². The average molecular weight is 640 g/mol. The van der Waals surface area contributed by atoms with Crippen LogP contribution in [0.4, 0.5) is 11.4 Å². The number of carboxylic acid groups (broad SMARTS) is 1. The zero-order chi connectivity index (χ0) is 32.3. The molecular weight excluding hydrogens is 610 g/mol. The topological polar surface area (TPSA) is 156 Å². The Hall–Kier alpha value is -4.97. The molecule has 4 aromatic rings. The van der Waals surface area contributed by atoms with Gasteiger partial charge in [-0.25, -0.2) is 4.79 Å². The first-order chi connectivity index (χ1) is 22.1. The van der Waals surface area contributed by atoms with Crippen LogP contribution in [0.15, 0.2) is 21.5 Å². The number of phenolic OH excluding ortho intramolecular Hbond substituents is 1. The molecule has 8 rings (SSSR count). The number of rotatable bonds is 5. The second-order valence-electron chi connectivity index (χ2n) is 11.8. The maximum absolute atomic E-state index is 13.8. The summed E-state index contributed by atoms with van der Waals surface area (Å²) >= 11 is 1.35. The van der Waals surface area contributed by atoms with Crippen LogP contribution in [0.5, 0.6) is 17.2 Å². The highest BCUT2D eigenvalue weighted by molar-refractivity contribution is 7.99. The number of methoxy groups -OCH3 is 3. The van der Waals surface area contributed by atoms with Crippen molar-refractivity contribution in [3.63, 3.8) is 0 Å². The maximum atomic E-state index is 13.8. The Morgan fingerprint density at radius 1 is 0.913 bits per heavy atom. The number of carbonyl (C=O) groups is 3. The summed E-state index contributed by atoms with van der Waals surface area (Å²) in [6.45, 7) is 4.59. The van der Waals surface area contributed by atoms with Crippen LogP contribution in [-0.4, -0.2) is 74.0 Å². The van der Waals surface area contributed by atoms with E-state index in [4.69, 9.17) is 19.2 Å². The molecule has 4 aliphatic rings. The highest BCUT2D eigenvalue weighted by Crippen LogP contribution is 2.59. The number of nitrogens with zero attached hydrogens (tertiary/aromatic N) is 1. The molecule has 0 aromatic heterocycles. The second kappa shape index (κ2) is 9.76. The highest BCUT2D eigenvalue weighted by atomic mass is 32.2. The fourth-order valence-electron chi connectivity index (χ4n) is 7.84. The molecule has 4 aromatic carbocycles. The Morgan fingerprint density at radius 3 is 2.28 bits per heavy atom. The molecular formula is C34H29N3O8S. The quantitative estimate of drug-likeness (QED) is 0.174. The highest BCUT2D eigenvalue weighted by Gasteiger charge is 2.41. The number of aliphatic carboxylic acids is 1. The molecule has 2 atom stereocenters. The Morgan fingerprint density at radius 2 is 1.63 bits per heavy atom. The number of hydrogen-bond donors (Lipinski definition) is 4. The Kier molecular flexibility index (Phi) is 6.05. The number of allylic oxidation sites excluding steroid dienone is 2. The number of fused-ring (bicyclic) bond motifs is 6. The molecule has 234 valence electrons. The lowest BCUT2D eigenvalue weighted by Gasteiger charge is -2.31. The number of ether oxygens (including phenoxy) is 3. The van der Waals surface area contributed by atoms with Gasteiger partial charge in [-0.15, -0.1) is 11.8 Å². The summed E-state index contributed by atoms with van der Waals surface area (Å²) in [6, 6.07) is -0.977. The number of nitrogens with one attached hydrogen (secondary N) is 2. The van der Waals surface area contributed by atoms with Crippen molar-refractivity contribution in [2.45, 2.75) is 30.7 Å². The summed E-state index contributed by atoms with van der Waals surface area (Å²) in [6.07, 6.45) is 3.33. The van der Waals surface area contributed by atoms with E-state index < -0.39 is 23.7 Å². The van der Waals surface area contributed by atoms with Crippen molar-refractivity contribution in [3.05, 3.63) is 39.3 Å². The van der Waals surface area contributed by atoms with Crippen molar-refractivity contribution in [2.24, 2.45) is 4.99 Å². The minimum absolute atomic E-state index is 0.0462. The minimum Gasteiger partial charge on any atom is -0.504 e. The standard InChI is InChI=1S/C34H29N3O8S/c1-11-8-13-18-21-23-19(30(40)31(44-4)24(21)17(11)12(2)38)15(39)9-16(43-3)20(23)25-22(18)26(28-27(13)35-6-7-36-28)29-33(32(25)45-5)46-10-14(37-29)34(41)42/h8-9,14,17,35-36,40H,6-7,10H2,1-5H3,(H,41,42). The summed E-state index contributed by atoms with van der Waals surface area (Å²) in [5.74, 6) is -1.83. The van der Waals surface area contributed by atoms with E-state index in [-0.39, 0.29) is 34.4 Å². The Balaban J connectivity index is 1.82. The van der Waals surface area contributed by atoms with Crippen LogP contribution < -0.4 is 25.5 Å². The van der Waals surface area contributed by atoms with Crippen LogP contribution in [0, 0.1) is 0 Å². The predicted octanol–water partition coefficient (Wildman–Crippen LogP) is 4.88. The zero-order valence-electron chi connectivity index (χ0n) is 25.6. The third kappa shape index (κ3) is 3.39. The maximum Gasteiger partial charge on any atom is 0.329 e. The van der Waals surface area contributed by atoms with Gasteiger partial charge in [0.15, 0.2) is 23.3 Å². The van der Waals surface area contributed by atoms with E-state index in [9.17, 15) is 24.6 Å². The summed E-state index contributed by atoms with van der Waals surface area (Å²) in [5, 5.41) is 33.2. The minimum atomic E-state index is -1.03. The molecule has 12 heteroatoms. The molecule has 0 bridgehead atoms. The number of aromatic hydroxyl groups is 1. The third-order valence-electron chi connectivity index (χ3n) is 9.48. The van der Waals surface area contributed by atoms with Crippen molar-refractivity contribution in [1.82, 2.24) is 0 Å². The Labute approximate surface area is 266 Å². The van der Waals surface area contributed by atoms with Crippen molar-refractivity contribution in [2.75, 3.05) is 50.8 Å². The van der Waals surface area contributed by atoms with Crippen LogP contribution >= 0.6 is 11.8 Å². The lowest BCUT2D eigenvalue weighted by molar-refractivity contribution is -0.138. The molecule has 2 aliphatic carbocycles. The van der Waals surface area contributed by atoms with Crippen LogP contribution in [0.25, 0.3) is 44.2 Å². The molecule has 0 spiro atoms. The van der Waals surface area contributed by atoms with Crippen molar-refractivity contribution in [3.8, 4) is 17.2 Å². The second-order valence-corrected chi connectivity index (χ2v) is 12.9. The number of phenols is 1. The lowest BCUT2D eigenvalue weighted by atomic mass is 9.77.